The molecular weight excluding hydrogens is 490 g/mol. The average Bonchev–Trinajstić information content (AvgIpc) is 3.29. The van der Waals surface area contributed by atoms with Crippen LogP contribution < -0.4 is 10.6 Å². The van der Waals surface area contributed by atoms with Gasteiger partial charge in [0.05, 0.1) is 21.3 Å². The van der Waals surface area contributed by atoms with E-state index in [-0.39, 0.29) is 5.78 Å². The standard InChI is InChI=1S/C19H18BrN5OS3/c1-9(2)27-19-24-23-18(29-19)25-11-4-3-5-12(26)16(11)15(10(8-21)17(25)22)13-6-7-14(20)28-13/h6-7,9,15H,3-5,22H2,1-2H3. The maximum atomic E-state index is 13.0. The molecule has 2 N–H and O–H groups in total. The molecule has 0 saturated heterocycles. The number of nitriles is 1. The molecule has 1 unspecified atom stereocenters. The Morgan fingerprint density at radius 1 is 1.34 bits per heavy atom. The molecule has 4 rings (SSSR count). The van der Waals surface area contributed by atoms with Crippen LogP contribution in [0.1, 0.15) is 43.9 Å². The lowest BCUT2D eigenvalue weighted by atomic mass is 9.78. The molecule has 150 valence electrons. The van der Waals surface area contributed by atoms with E-state index in [1.165, 1.54) is 22.7 Å². The van der Waals surface area contributed by atoms with Crippen LogP contribution in [0.3, 0.4) is 0 Å². The average molecular weight is 508 g/mol. The molecule has 2 aliphatic rings. The Balaban J connectivity index is 1.88. The number of halogens is 1. The lowest BCUT2D eigenvalue weighted by molar-refractivity contribution is -0.116. The smallest absolute Gasteiger partial charge is 0.219 e. The molecule has 0 bridgehead atoms. The fourth-order valence-electron chi connectivity index (χ4n) is 3.61. The van der Waals surface area contributed by atoms with Crippen molar-refractivity contribution in [1.82, 2.24) is 10.2 Å². The van der Waals surface area contributed by atoms with Gasteiger partial charge in [-0.3, -0.25) is 9.69 Å². The highest BCUT2D eigenvalue weighted by Gasteiger charge is 2.41. The van der Waals surface area contributed by atoms with Crippen molar-refractivity contribution in [2.45, 2.75) is 48.6 Å². The summed E-state index contributed by atoms with van der Waals surface area (Å²) in [6, 6.07) is 6.16. The topological polar surface area (TPSA) is 95.9 Å². The summed E-state index contributed by atoms with van der Waals surface area (Å²) in [5, 5.41) is 19.6. The second-order valence-electron chi connectivity index (χ2n) is 6.98. The van der Waals surface area contributed by atoms with Gasteiger partial charge in [-0.2, -0.15) is 5.26 Å². The molecule has 0 aromatic carbocycles. The van der Waals surface area contributed by atoms with Gasteiger partial charge in [-0.05, 0) is 40.9 Å². The summed E-state index contributed by atoms with van der Waals surface area (Å²) in [4.78, 5) is 15.7. The van der Waals surface area contributed by atoms with E-state index in [0.29, 0.717) is 33.8 Å². The zero-order valence-corrected chi connectivity index (χ0v) is 19.8. The fourth-order valence-corrected chi connectivity index (χ4v) is 7.26. The van der Waals surface area contributed by atoms with E-state index >= 15 is 0 Å². The third-order valence-electron chi connectivity index (χ3n) is 4.72. The lowest BCUT2D eigenvalue weighted by Gasteiger charge is -2.37. The van der Waals surface area contributed by atoms with Gasteiger partial charge in [0.2, 0.25) is 5.13 Å². The van der Waals surface area contributed by atoms with Crippen LogP contribution in [0.25, 0.3) is 0 Å². The minimum absolute atomic E-state index is 0.0762. The molecule has 10 heteroatoms. The minimum atomic E-state index is -0.423. The van der Waals surface area contributed by atoms with Crippen LogP contribution in [0.2, 0.25) is 0 Å². The van der Waals surface area contributed by atoms with Gasteiger partial charge in [0.1, 0.15) is 5.82 Å². The van der Waals surface area contributed by atoms with Gasteiger partial charge in [0.25, 0.3) is 0 Å². The Morgan fingerprint density at radius 2 is 2.14 bits per heavy atom. The molecule has 0 saturated carbocycles. The van der Waals surface area contributed by atoms with Gasteiger partial charge in [-0.1, -0.05) is 36.9 Å². The Morgan fingerprint density at radius 3 is 2.79 bits per heavy atom. The summed E-state index contributed by atoms with van der Waals surface area (Å²) in [7, 11) is 0. The number of hydrogen-bond acceptors (Lipinski definition) is 9. The number of carbonyl (C=O) groups excluding carboxylic acids is 1. The third kappa shape index (κ3) is 3.77. The number of allylic oxidation sites excluding steroid dienone is 3. The predicted molar refractivity (Wildman–Crippen MR) is 121 cm³/mol. The third-order valence-corrected chi connectivity index (χ3v) is 8.40. The molecule has 1 atom stereocenters. The predicted octanol–water partition coefficient (Wildman–Crippen LogP) is 5.17. The molecule has 3 heterocycles. The summed E-state index contributed by atoms with van der Waals surface area (Å²) in [6.07, 6.45) is 1.96. The molecule has 0 radical (unpaired) electrons. The summed E-state index contributed by atoms with van der Waals surface area (Å²) in [5.74, 6) is -0.00665. The summed E-state index contributed by atoms with van der Waals surface area (Å²) >= 11 is 8.08. The second kappa shape index (κ2) is 8.22. The minimum Gasteiger partial charge on any atom is -0.384 e. The largest absolute Gasteiger partial charge is 0.384 e. The lowest BCUT2D eigenvalue weighted by Crippen LogP contribution is -2.38. The Labute approximate surface area is 189 Å². The van der Waals surface area contributed by atoms with Crippen LogP contribution in [0, 0.1) is 11.3 Å². The first-order chi connectivity index (χ1) is 13.9. The van der Waals surface area contributed by atoms with E-state index in [2.05, 4.69) is 46.0 Å². The summed E-state index contributed by atoms with van der Waals surface area (Å²) in [5.41, 5.74) is 8.44. The summed E-state index contributed by atoms with van der Waals surface area (Å²) in [6.45, 7) is 4.19. The molecule has 1 aliphatic carbocycles. The number of Topliss-reactive ketones (excluding diaryl/α,β-unsaturated/α-hetero) is 1. The zero-order valence-electron chi connectivity index (χ0n) is 15.8. The number of nitrogens with zero attached hydrogens (tertiary/aromatic N) is 4. The highest BCUT2D eigenvalue weighted by atomic mass is 79.9. The number of thiophene rings is 1. The number of nitrogens with two attached hydrogens (primary N) is 1. The first kappa shape index (κ1) is 20.6. The van der Waals surface area contributed by atoms with Crippen molar-refractivity contribution < 1.29 is 4.79 Å². The maximum Gasteiger partial charge on any atom is 0.219 e. The quantitative estimate of drug-likeness (QED) is 0.570. The number of aromatic nitrogens is 2. The summed E-state index contributed by atoms with van der Waals surface area (Å²) < 4.78 is 1.80. The van der Waals surface area contributed by atoms with E-state index in [1.54, 1.807) is 16.7 Å². The van der Waals surface area contributed by atoms with E-state index in [0.717, 1.165) is 31.5 Å². The Hall–Kier alpha value is -1.67. The number of ketones is 1. The number of thioether (sulfide) groups is 1. The van der Waals surface area contributed by atoms with Crippen LogP contribution in [0.5, 0.6) is 0 Å². The van der Waals surface area contributed by atoms with Crippen LogP contribution in [-0.2, 0) is 4.79 Å². The van der Waals surface area contributed by atoms with Crippen molar-refractivity contribution in [2.24, 2.45) is 5.73 Å². The van der Waals surface area contributed by atoms with Crippen molar-refractivity contribution in [1.29, 1.82) is 5.26 Å². The number of rotatable bonds is 4. The molecule has 2 aromatic heterocycles. The van der Waals surface area contributed by atoms with Crippen LogP contribution in [0.15, 0.2) is 42.9 Å². The van der Waals surface area contributed by atoms with E-state index in [1.807, 2.05) is 12.1 Å². The van der Waals surface area contributed by atoms with Crippen molar-refractivity contribution in [3.63, 3.8) is 0 Å². The van der Waals surface area contributed by atoms with Gasteiger partial charge in [0, 0.05) is 27.8 Å². The molecule has 0 spiro atoms. The normalized spacial score (nSPS) is 19.8. The molecule has 6 nitrogen and oxygen atoms in total. The molecule has 0 amide bonds. The van der Waals surface area contributed by atoms with Gasteiger partial charge < -0.3 is 5.73 Å². The second-order valence-corrected chi connectivity index (χ2v) is 12.2. The monoisotopic (exact) mass is 507 g/mol. The zero-order chi connectivity index (χ0) is 20.7. The van der Waals surface area contributed by atoms with Gasteiger partial charge in [-0.15, -0.1) is 21.5 Å². The van der Waals surface area contributed by atoms with Gasteiger partial charge in [-0.25, -0.2) is 0 Å². The molecule has 2 aromatic rings. The van der Waals surface area contributed by atoms with E-state index in [4.69, 9.17) is 5.73 Å². The fraction of sp³-hybridized carbons (Fsp3) is 0.368. The van der Waals surface area contributed by atoms with Crippen LogP contribution in [-0.4, -0.2) is 21.2 Å². The first-order valence-corrected chi connectivity index (χ1v) is 12.4. The number of anilines is 1. The van der Waals surface area contributed by atoms with Crippen molar-refractivity contribution in [2.75, 3.05) is 4.90 Å². The highest BCUT2D eigenvalue weighted by Crippen LogP contribution is 2.48. The Kier molecular flexibility index (Phi) is 5.84. The van der Waals surface area contributed by atoms with Crippen LogP contribution >= 0.6 is 50.4 Å². The van der Waals surface area contributed by atoms with Gasteiger partial charge in [0.15, 0.2) is 10.1 Å². The van der Waals surface area contributed by atoms with Crippen molar-refractivity contribution in [3.05, 3.63) is 43.5 Å². The van der Waals surface area contributed by atoms with E-state index in [9.17, 15) is 10.1 Å². The first-order valence-electron chi connectivity index (χ1n) is 9.12. The number of hydrogen-bond donors (Lipinski definition) is 1. The Bertz CT molecular complexity index is 1080. The molecule has 1 aliphatic heterocycles. The maximum absolute atomic E-state index is 13.0. The molecular formula is C19H18BrN5OS3. The van der Waals surface area contributed by atoms with Crippen LogP contribution in [0.4, 0.5) is 5.13 Å². The van der Waals surface area contributed by atoms with Crippen molar-refractivity contribution >= 4 is 61.3 Å². The van der Waals surface area contributed by atoms with Crippen molar-refractivity contribution in [3.8, 4) is 6.07 Å². The van der Waals surface area contributed by atoms with E-state index < -0.39 is 5.92 Å². The highest BCUT2D eigenvalue weighted by molar-refractivity contribution is 9.11. The number of carbonyl (C=O) groups is 1. The van der Waals surface area contributed by atoms with Gasteiger partial charge >= 0.3 is 0 Å². The molecule has 0 fully saturated rings. The SMILES string of the molecule is CC(C)Sc1nnc(N2C(N)=C(C#N)C(c3ccc(Br)s3)C3=C2CCCC3=O)s1. The molecule has 29 heavy (non-hydrogen) atoms.